The fourth-order valence-corrected chi connectivity index (χ4v) is 2.54. The Bertz CT molecular complexity index is 321. The molecule has 0 bridgehead atoms. The monoisotopic (exact) mass is 270 g/mol. The lowest BCUT2D eigenvalue weighted by Gasteiger charge is -2.36. The van der Waals surface area contributed by atoms with Gasteiger partial charge in [-0.25, -0.2) is 0 Å². The standard InChI is InChI=1S/C14H26N2O3/c1-11(17)15-9-12-5-7-16(8-6-12)10-14(2,3)13(18)19-4/h12H,5-10H2,1-4H3,(H,15,17). The van der Waals surface area contributed by atoms with Gasteiger partial charge in [0.05, 0.1) is 12.5 Å². The third kappa shape index (κ3) is 5.19. The molecule has 0 aromatic carbocycles. The van der Waals surface area contributed by atoms with Gasteiger partial charge in [0.15, 0.2) is 0 Å². The van der Waals surface area contributed by atoms with Gasteiger partial charge in [-0.05, 0) is 45.7 Å². The van der Waals surface area contributed by atoms with Gasteiger partial charge in [0.1, 0.15) is 0 Å². The molecule has 1 N–H and O–H groups in total. The lowest BCUT2D eigenvalue weighted by Crippen LogP contribution is -2.44. The van der Waals surface area contributed by atoms with Gasteiger partial charge in [0.25, 0.3) is 0 Å². The van der Waals surface area contributed by atoms with Crippen LogP contribution in [0.4, 0.5) is 0 Å². The van der Waals surface area contributed by atoms with Crippen molar-refractivity contribution < 1.29 is 14.3 Å². The van der Waals surface area contributed by atoms with Crippen LogP contribution in [0.1, 0.15) is 33.6 Å². The Hall–Kier alpha value is -1.10. The van der Waals surface area contributed by atoms with E-state index in [1.165, 1.54) is 7.11 Å². The maximum atomic E-state index is 11.7. The predicted octanol–water partition coefficient (Wildman–Crippen LogP) is 1.03. The fourth-order valence-electron chi connectivity index (χ4n) is 2.54. The summed E-state index contributed by atoms with van der Waals surface area (Å²) in [7, 11) is 1.43. The molecule has 0 radical (unpaired) electrons. The molecule has 0 atom stereocenters. The van der Waals surface area contributed by atoms with Crippen molar-refractivity contribution in [1.82, 2.24) is 10.2 Å². The van der Waals surface area contributed by atoms with Crippen LogP contribution in [0.3, 0.4) is 0 Å². The maximum Gasteiger partial charge on any atom is 0.312 e. The Morgan fingerprint density at radius 3 is 2.37 bits per heavy atom. The largest absolute Gasteiger partial charge is 0.469 e. The van der Waals surface area contributed by atoms with E-state index in [-0.39, 0.29) is 11.9 Å². The summed E-state index contributed by atoms with van der Waals surface area (Å²) in [5, 5.41) is 2.87. The van der Waals surface area contributed by atoms with Gasteiger partial charge in [-0.15, -0.1) is 0 Å². The van der Waals surface area contributed by atoms with Crippen molar-refractivity contribution in [3.05, 3.63) is 0 Å². The van der Waals surface area contributed by atoms with Crippen LogP contribution in [-0.4, -0.2) is 50.1 Å². The number of nitrogens with one attached hydrogen (secondary N) is 1. The molecule has 0 unspecified atom stereocenters. The van der Waals surface area contributed by atoms with Crippen LogP contribution in [0, 0.1) is 11.3 Å². The van der Waals surface area contributed by atoms with Crippen molar-refractivity contribution in [1.29, 1.82) is 0 Å². The Labute approximate surface area is 115 Å². The highest BCUT2D eigenvalue weighted by atomic mass is 16.5. The molecule has 1 heterocycles. The molecule has 5 nitrogen and oxygen atoms in total. The quantitative estimate of drug-likeness (QED) is 0.758. The smallest absolute Gasteiger partial charge is 0.312 e. The van der Waals surface area contributed by atoms with Gasteiger partial charge < -0.3 is 15.0 Å². The minimum absolute atomic E-state index is 0.0363. The Morgan fingerprint density at radius 2 is 1.89 bits per heavy atom. The van der Waals surface area contributed by atoms with Crippen LogP contribution < -0.4 is 5.32 Å². The van der Waals surface area contributed by atoms with Gasteiger partial charge >= 0.3 is 5.97 Å². The molecule has 19 heavy (non-hydrogen) atoms. The third-order valence-corrected chi connectivity index (χ3v) is 3.70. The number of carbonyl (C=O) groups excluding carboxylic acids is 2. The predicted molar refractivity (Wildman–Crippen MR) is 73.6 cm³/mol. The van der Waals surface area contributed by atoms with Gasteiger partial charge in [0, 0.05) is 20.0 Å². The van der Waals surface area contributed by atoms with E-state index in [0.717, 1.165) is 39.0 Å². The normalized spacial score (nSPS) is 18.1. The van der Waals surface area contributed by atoms with Crippen LogP contribution in [0.2, 0.25) is 0 Å². The first kappa shape index (κ1) is 16.0. The SMILES string of the molecule is COC(=O)C(C)(C)CN1CCC(CNC(C)=O)CC1. The number of piperidine rings is 1. The molecular weight excluding hydrogens is 244 g/mol. The molecule has 1 amide bonds. The number of nitrogens with zero attached hydrogens (tertiary/aromatic N) is 1. The van der Waals surface area contributed by atoms with E-state index in [0.29, 0.717) is 5.92 Å². The molecule has 0 saturated carbocycles. The summed E-state index contributed by atoms with van der Waals surface area (Å²) in [5.41, 5.74) is -0.459. The Kier molecular flexibility index (Phi) is 5.79. The summed E-state index contributed by atoms with van der Waals surface area (Å²) in [4.78, 5) is 24.8. The van der Waals surface area contributed by atoms with Gasteiger partial charge in [0.2, 0.25) is 5.91 Å². The van der Waals surface area contributed by atoms with Crippen LogP contribution in [0.15, 0.2) is 0 Å². The Balaban J connectivity index is 2.34. The van der Waals surface area contributed by atoms with E-state index in [1.807, 2.05) is 13.8 Å². The molecule has 0 aromatic rings. The minimum atomic E-state index is -0.459. The number of ether oxygens (including phenoxy) is 1. The zero-order valence-electron chi connectivity index (χ0n) is 12.5. The average Bonchev–Trinajstić information content (AvgIpc) is 2.36. The highest BCUT2D eigenvalue weighted by Crippen LogP contribution is 2.23. The fraction of sp³-hybridized carbons (Fsp3) is 0.857. The molecule has 110 valence electrons. The van der Waals surface area contributed by atoms with Crippen molar-refractivity contribution in [2.75, 3.05) is 33.3 Å². The molecule has 5 heteroatoms. The summed E-state index contributed by atoms with van der Waals surface area (Å²) in [6.45, 7) is 8.84. The minimum Gasteiger partial charge on any atom is -0.469 e. The van der Waals surface area contributed by atoms with Crippen molar-refractivity contribution in [2.45, 2.75) is 33.6 Å². The first-order chi connectivity index (χ1) is 8.85. The number of likely N-dealkylation sites (tertiary alicyclic amines) is 1. The molecule has 1 saturated heterocycles. The molecule has 1 rings (SSSR count). The number of amides is 1. The zero-order valence-corrected chi connectivity index (χ0v) is 12.5. The number of rotatable bonds is 5. The second-order valence-corrected chi connectivity index (χ2v) is 6.03. The lowest BCUT2D eigenvalue weighted by atomic mass is 9.90. The topological polar surface area (TPSA) is 58.6 Å². The van der Waals surface area contributed by atoms with E-state index in [9.17, 15) is 9.59 Å². The number of carbonyl (C=O) groups is 2. The van der Waals surface area contributed by atoms with Crippen LogP contribution in [0.5, 0.6) is 0 Å². The molecule has 1 aliphatic rings. The van der Waals surface area contributed by atoms with Crippen molar-refractivity contribution in [3.8, 4) is 0 Å². The first-order valence-corrected chi connectivity index (χ1v) is 6.90. The second-order valence-electron chi connectivity index (χ2n) is 6.03. The summed E-state index contributed by atoms with van der Waals surface area (Å²) in [6.07, 6.45) is 2.13. The first-order valence-electron chi connectivity index (χ1n) is 6.90. The number of methoxy groups -OCH3 is 1. The van der Waals surface area contributed by atoms with Gasteiger partial charge in [-0.2, -0.15) is 0 Å². The summed E-state index contributed by atoms with van der Waals surface area (Å²) >= 11 is 0. The number of esters is 1. The van der Waals surface area contributed by atoms with E-state index < -0.39 is 5.41 Å². The van der Waals surface area contributed by atoms with Gasteiger partial charge in [-0.3, -0.25) is 9.59 Å². The van der Waals surface area contributed by atoms with E-state index in [2.05, 4.69) is 10.2 Å². The lowest BCUT2D eigenvalue weighted by molar-refractivity contribution is -0.152. The summed E-state index contributed by atoms with van der Waals surface area (Å²) < 4.78 is 4.83. The van der Waals surface area contributed by atoms with Crippen molar-refractivity contribution in [3.63, 3.8) is 0 Å². The number of hydrogen-bond acceptors (Lipinski definition) is 4. The number of hydrogen-bond donors (Lipinski definition) is 1. The van der Waals surface area contributed by atoms with Gasteiger partial charge in [-0.1, -0.05) is 0 Å². The van der Waals surface area contributed by atoms with E-state index in [4.69, 9.17) is 4.74 Å². The molecule has 1 aliphatic heterocycles. The van der Waals surface area contributed by atoms with Crippen molar-refractivity contribution in [2.24, 2.45) is 11.3 Å². The van der Waals surface area contributed by atoms with Crippen LogP contribution in [0.25, 0.3) is 0 Å². The molecule has 0 aliphatic carbocycles. The molecule has 1 fully saturated rings. The highest BCUT2D eigenvalue weighted by molar-refractivity contribution is 5.76. The highest BCUT2D eigenvalue weighted by Gasteiger charge is 2.32. The van der Waals surface area contributed by atoms with E-state index >= 15 is 0 Å². The molecule has 0 spiro atoms. The summed E-state index contributed by atoms with van der Waals surface area (Å²) in [6, 6.07) is 0. The molecular formula is C14H26N2O3. The van der Waals surface area contributed by atoms with Crippen LogP contribution in [-0.2, 0) is 14.3 Å². The van der Waals surface area contributed by atoms with Crippen molar-refractivity contribution >= 4 is 11.9 Å². The second kappa shape index (κ2) is 6.89. The molecule has 0 aromatic heterocycles. The van der Waals surface area contributed by atoms with Crippen LogP contribution >= 0.6 is 0 Å². The Morgan fingerprint density at radius 1 is 1.32 bits per heavy atom. The average molecular weight is 270 g/mol. The third-order valence-electron chi connectivity index (χ3n) is 3.70. The zero-order chi connectivity index (χ0) is 14.5. The van der Waals surface area contributed by atoms with E-state index in [1.54, 1.807) is 6.92 Å². The maximum absolute atomic E-state index is 11.7. The summed E-state index contributed by atoms with van der Waals surface area (Å²) in [5.74, 6) is 0.434.